The van der Waals surface area contributed by atoms with Crippen LogP contribution in [-0.4, -0.2) is 61.8 Å². The van der Waals surface area contributed by atoms with E-state index in [9.17, 15) is 4.79 Å². The highest BCUT2D eigenvalue weighted by Crippen LogP contribution is 2.28. The van der Waals surface area contributed by atoms with E-state index in [1.807, 2.05) is 48.4 Å². The fraction of sp³-hybridized carbons (Fsp3) is 0.344. The van der Waals surface area contributed by atoms with Crippen LogP contribution in [0.2, 0.25) is 0 Å². The minimum Gasteiger partial charge on any atom is -0.462 e. The highest BCUT2D eigenvalue weighted by molar-refractivity contribution is 8.05. The smallest absolute Gasteiger partial charge is 0.322 e. The largest absolute Gasteiger partial charge is 0.462 e. The van der Waals surface area contributed by atoms with E-state index in [-0.39, 0.29) is 11.9 Å². The summed E-state index contributed by atoms with van der Waals surface area (Å²) in [6.45, 7) is 13.4. The number of nitrogens with one attached hydrogen (secondary N) is 1. The fourth-order valence-electron chi connectivity index (χ4n) is 4.68. The summed E-state index contributed by atoms with van der Waals surface area (Å²) >= 11 is 1.40. The molecule has 0 atom stereocenters. The molecule has 0 saturated carbocycles. The molecule has 0 radical (unpaired) electrons. The molecule has 1 N–H and O–H groups in total. The lowest BCUT2D eigenvalue weighted by Crippen LogP contribution is -2.46. The number of aryl methyl sites for hydroxylation is 1. The van der Waals surface area contributed by atoms with E-state index >= 15 is 0 Å². The van der Waals surface area contributed by atoms with Gasteiger partial charge in [0, 0.05) is 38.6 Å². The summed E-state index contributed by atoms with van der Waals surface area (Å²) in [7, 11) is 0. The molecule has 6 nitrogen and oxygen atoms in total. The number of hydrogen-bond donors (Lipinski definition) is 1. The molecule has 3 aromatic rings. The Morgan fingerprint density at radius 1 is 1.03 bits per heavy atom. The Morgan fingerprint density at radius 2 is 1.67 bits per heavy atom. The van der Waals surface area contributed by atoms with Crippen molar-refractivity contribution in [3.05, 3.63) is 112 Å². The van der Waals surface area contributed by atoms with Crippen LogP contribution < -0.4 is 5.32 Å². The third-order valence-electron chi connectivity index (χ3n) is 6.92. The van der Waals surface area contributed by atoms with Crippen LogP contribution in [0, 0.1) is 6.92 Å². The first kappa shape index (κ1) is 28.7. The summed E-state index contributed by atoms with van der Waals surface area (Å²) in [5.74, 6) is 1.89. The number of thioether (sulfide) groups is 1. The molecule has 1 aliphatic heterocycles. The van der Waals surface area contributed by atoms with Gasteiger partial charge in [-0.05, 0) is 54.5 Å². The van der Waals surface area contributed by atoms with Crippen LogP contribution in [0.5, 0.6) is 0 Å². The van der Waals surface area contributed by atoms with Gasteiger partial charge in [0.15, 0.2) is 0 Å². The summed E-state index contributed by atoms with van der Waals surface area (Å²) < 4.78 is 11.2. The molecule has 0 aliphatic carbocycles. The lowest BCUT2D eigenvalue weighted by molar-refractivity contribution is 0.0349. The average molecular weight is 546 g/mol. The summed E-state index contributed by atoms with van der Waals surface area (Å²) in [6, 6.07) is 24.8. The zero-order valence-electron chi connectivity index (χ0n) is 23.0. The number of allylic oxidation sites excluding steroid dienone is 1. The number of hydrogen-bond acceptors (Lipinski definition) is 5. The van der Waals surface area contributed by atoms with Crippen LogP contribution in [0.1, 0.15) is 41.9 Å². The van der Waals surface area contributed by atoms with E-state index in [4.69, 9.17) is 9.15 Å². The van der Waals surface area contributed by atoms with Crippen molar-refractivity contribution < 1.29 is 13.9 Å². The number of benzene rings is 2. The first-order valence-corrected chi connectivity index (χ1v) is 14.4. The molecule has 0 spiro atoms. The van der Waals surface area contributed by atoms with E-state index in [0.29, 0.717) is 18.1 Å². The summed E-state index contributed by atoms with van der Waals surface area (Å²) in [5, 5.41) is 5.56. The maximum Gasteiger partial charge on any atom is 0.322 e. The number of rotatable bonds is 12. The van der Waals surface area contributed by atoms with Gasteiger partial charge in [0.1, 0.15) is 11.5 Å². The number of morpholine rings is 1. The number of urea groups is 1. The second kappa shape index (κ2) is 14.8. The summed E-state index contributed by atoms with van der Waals surface area (Å²) in [6.07, 6.45) is 0.820. The Bertz CT molecular complexity index is 1180. The maximum atomic E-state index is 13.5. The van der Waals surface area contributed by atoms with Crippen molar-refractivity contribution in [2.75, 3.05) is 45.9 Å². The molecule has 7 heteroatoms. The van der Waals surface area contributed by atoms with Crippen LogP contribution >= 0.6 is 11.8 Å². The molecule has 39 heavy (non-hydrogen) atoms. The highest BCUT2D eigenvalue weighted by Gasteiger charge is 2.21. The third kappa shape index (κ3) is 8.88. The van der Waals surface area contributed by atoms with Gasteiger partial charge in [0.05, 0.1) is 18.2 Å². The highest BCUT2D eigenvalue weighted by atomic mass is 32.2. The van der Waals surface area contributed by atoms with Gasteiger partial charge in [0.2, 0.25) is 0 Å². The summed E-state index contributed by atoms with van der Waals surface area (Å²) in [4.78, 5) is 17.8. The predicted octanol–water partition coefficient (Wildman–Crippen LogP) is 6.72. The molecule has 2 amide bonds. The number of ether oxygens (including phenoxy) is 1. The van der Waals surface area contributed by atoms with Crippen LogP contribution in [-0.2, 0) is 4.74 Å². The van der Waals surface area contributed by atoms with Gasteiger partial charge < -0.3 is 19.4 Å². The number of furan rings is 1. The minimum atomic E-state index is -0.125. The molecule has 1 fully saturated rings. The zero-order valence-corrected chi connectivity index (χ0v) is 23.8. The summed E-state index contributed by atoms with van der Waals surface area (Å²) in [5.41, 5.74) is 3.50. The molecule has 1 saturated heterocycles. The van der Waals surface area contributed by atoms with Gasteiger partial charge in [-0.2, -0.15) is 0 Å². The molecular weight excluding hydrogens is 506 g/mol. The lowest BCUT2D eigenvalue weighted by atomic mass is 9.88. The van der Waals surface area contributed by atoms with Gasteiger partial charge in [-0.3, -0.25) is 4.90 Å². The molecule has 0 unspecified atom stereocenters. The van der Waals surface area contributed by atoms with E-state index < -0.39 is 0 Å². The van der Waals surface area contributed by atoms with E-state index in [1.54, 1.807) is 0 Å². The maximum absolute atomic E-state index is 13.5. The quantitative estimate of drug-likeness (QED) is 0.274. The van der Waals surface area contributed by atoms with E-state index in [2.05, 4.69) is 65.3 Å². The number of amides is 2. The van der Waals surface area contributed by atoms with Crippen molar-refractivity contribution in [2.45, 2.75) is 26.2 Å². The van der Waals surface area contributed by atoms with E-state index in [1.165, 1.54) is 22.9 Å². The first-order valence-electron chi connectivity index (χ1n) is 13.5. The van der Waals surface area contributed by atoms with Crippen molar-refractivity contribution in [3.8, 4) is 0 Å². The zero-order chi connectivity index (χ0) is 27.5. The lowest BCUT2D eigenvalue weighted by Gasteiger charge is -2.31. The van der Waals surface area contributed by atoms with Crippen LogP contribution in [0.3, 0.4) is 0 Å². The fourth-order valence-corrected chi connectivity index (χ4v) is 5.26. The Hall–Kier alpha value is -3.26. The van der Waals surface area contributed by atoms with Crippen molar-refractivity contribution >= 4 is 23.4 Å². The molecule has 4 rings (SSSR count). The third-order valence-corrected chi connectivity index (χ3v) is 7.78. The predicted molar refractivity (Wildman–Crippen MR) is 161 cm³/mol. The van der Waals surface area contributed by atoms with Crippen LogP contribution in [0.4, 0.5) is 4.79 Å². The second-order valence-electron chi connectivity index (χ2n) is 9.79. The molecular formula is C32H39N3O3S. The molecule has 0 bridgehead atoms. The number of carbonyl (C=O) groups excluding carboxylic acids is 1. The van der Waals surface area contributed by atoms with Crippen molar-refractivity contribution in [1.82, 2.24) is 15.1 Å². The van der Waals surface area contributed by atoms with Crippen molar-refractivity contribution in [1.29, 1.82) is 0 Å². The Balaban J connectivity index is 1.42. The van der Waals surface area contributed by atoms with Gasteiger partial charge in [-0.1, -0.05) is 79.0 Å². The first-order chi connectivity index (χ1) is 19.0. The Kier molecular flexibility index (Phi) is 10.9. The van der Waals surface area contributed by atoms with Crippen molar-refractivity contribution in [2.24, 2.45) is 0 Å². The SMILES string of the molecule is C=C(NC(=O)N(CCC(c1ccccc1)c1ccccc1)CCN1CCOCC1)S/C=C(\C)c1ccc(C)o1. The number of nitrogens with zero attached hydrogens (tertiary/aromatic N) is 2. The molecule has 206 valence electrons. The molecule has 2 heterocycles. The van der Waals surface area contributed by atoms with Gasteiger partial charge in [0.25, 0.3) is 0 Å². The standard InChI is InChI=1S/C32H39N3O3S/c1-25(31-15-14-26(2)38-31)24-39-27(3)33-32(36)35(19-18-34-20-22-37-23-21-34)17-16-30(28-10-6-4-7-11-28)29-12-8-5-9-13-29/h4-15,24,30H,3,16-23H2,1-2H3,(H,33,36)/b25-24+. The second-order valence-corrected chi connectivity index (χ2v) is 10.8. The molecule has 2 aromatic carbocycles. The van der Waals surface area contributed by atoms with E-state index in [0.717, 1.165) is 56.4 Å². The molecule has 1 aromatic heterocycles. The topological polar surface area (TPSA) is 58.0 Å². The van der Waals surface area contributed by atoms with Gasteiger partial charge >= 0.3 is 6.03 Å². The average Bonchev–Trinajstić information content (AvgIpc) is 3.41. The van der Waals surface area contributed by atoms with Crippen LogP contribution in [0.15, 0.2) is 94.2 Å². The molecule has 1 aliphatic rings. The van der Waals surface area contributed by atoms with Crippen molar-refractivity contribution in [3.63, 3.8) is 0 Å². The minimum absolute atomic E-state index is 0.125. The Morgan fingerprint density at radius 3 is 2.26 bits per heavy atom. The van der Waals surface area contributed by atoms with Gasteiger partial charge in [-0.15, -0.1) is 0 Å². The van der Waals surface area contributed by atoms with Crippen LogP contribution in [0.25, 0.3) is 5.57 Å². The Labute approximate surface area is 236 Å². The van der Waals surface area contributed by atoms with Gasteiger partial charge in [-0.25, -0.2) is 4.79 Å². The number of carbonyl (C=O) groups is 1. The normalized spacial score (nSPS) is 14.4. The monoisotopic (exact) mass is 545 g/mol.